The second-order valence-corrected chi connectivity index (χ2v) is 10.6. The maximum atomic E-state index is 13.0. The van der Waals surface area contributed by atoms with E-state index < -0.39 is 10.0 Å². The van der Waals surface area contributed by atoms with Gasteiger partial charge in [0.2, 0.25) is 10.0 Å². The first-order chi connectivity index (χ1) is 14.1. The molecule has 1 fully saturated rings. The number of ether oxygens (including phenoxy) is 1. The monoisotopic (exact) mass is 430 g/mol. The van der Waals surface area contributed by atoms with Crippen molar-refractivity contribution < 1.29 is 17.9 Å². The Bertz CT molecular complexity index is 969. The van der Waals surface area contributed by atoms with Crippen molar-refractivity contribution in [1.29, 1.82) is 0 Å². The van der Waals surface area contributed by atoms with Crippen LogP contribution in [0, 0.1) is 0 Å². The van der Waals surface area contributed by atoms with Crippen molar-refractivity contribution in [3.63, 3.8) is 0 Å². The molecule has 2 aromatic carbocycles. The predicted molar refractivity (Wildman–Crippen MR) is 117 cm³/mol. The van der Waals surface area contributed by atoms with Crippen LogP contribution < -0.4 is 10.1 Å². The molecule has 0 bridgehead atoms. The van der Waals surface area contributed by atoms with Gasteiger partial charge in [0.05, 0.1) is 12.0 Å². The van der Waals surface area contributed by atoms with Crippen LogP contribution in [0.1, 0.15) is 49.5 Å². The predicted octanol–water partition coefficient (Wildman–Crippen LogP) is 3.58. The fourth-order valence-electron chi connectivity index (χ4n) is 3.53. The summed E-state index contributed by atoms with van der Waals surface area (Å²) in [4.78, 5) is 12.8. The number of benzene rings is 2. The molecule has 0 atom stereocenters. The molecule has 1 N–H and O–H groups in total. The zero-order valence-electron chi connectivity index (χ0n) is 18.0. The molecule has 1 saturated heterocycles. The van der Waals surface area contributed by atoms with Gasteiger partial charge < -0.3 is 10.1 Å². The highest BCUT2D eigenvalue weighted by Gasteiger charge is 2.30. The first kappa shape index (κ1) is 22.3. The molecule has 0 radical (unpaired) electrons. The molecule has 1 amide bonds. The lowest BCUT2D eigenvalue weighted by Gasteiger charge is -2.31. The highest BCUT2D eigenvalue weighted by molar-refractivity contribution is 7.89. The molecule has 0 aromatic heterocycles. The summed E-state index contributed by atoms with van der Waals surface area (Å²) in [5, 5.41) is 3.01. The number of carbonyl (C=O) groups is 1. The van der Waals surface area contributed by atoms with E-state index in [1.54, 1.807) is 43.5 Å². The number of amides is 1. The summed E-state index contributed by atoms with van der Waals surface area (Å²) < 4.78 is 32.6. The Morgan fingerprint density at radius 3 is 2.07 bits per heavy atom. The molecule has 1 aliphatic rings. The molecule has 1 heterocycles. The minimum Gasteiger partial charge on any atom is -0.497 e. The van der Waals surface area contributed by atoms with Crippen LogP contribution in [0.3, 0.4) is 0 Å². The van der Waals surface area contributed by atoms with Crippen molar-refractivity contribution in [2.24, 2.45) is 0 Å². The molecule has 0 unspecified atom stereocenters. The largest absolute Gasteiger partial charge is 0.497 e. The molecular weight excluding hydrogens is 400 g/mol. The Morgan fingerprint density at radius 1 is 1.00 bits per heavy atom. The number of hydrogen-bond acceptors (Lipinski definition) is 4. The van der Waals surface area contributed by atoms with E-state index in [1.165, 1.54) is 4.31 Å². The van der Waals surface area contributed by atoms with Gasteiger partial charge in [0, 0.05) is 24.7 Å². The molecule has 30 heavy (non-hydrogen) atoms. The van der Waals surface area contributed by atoms with Crippen LogP contribution >= 0.6 is 0 Å². The summed E-state index contributed by atoms with van der Waals surface area (Å²) >= 11 is 0. The lowest BCUT2D eigenvalue weighted by Crippen LogP contribution is -2.46. The second kappa shape index (κ2) is 8.78. The zero-order valence-corrected chi connectivity index (χ0v) is 18.8. The van der Waals surface area contributed by atoms with E-state index in [-0.39, 0.29) is 17.4 Å². The SMILES string of the molecule is COc1ccc(C(=O)NC2CCN(S(=O)(=O)c3ccc(C(C)(C)C)cc3)CC2)cc1. The third-order valence-electron chi connectivity index (χ3n) is 5.50. The third-order valence-corrected chi connectivity index (χ3v) is 7.41. The van der Waals surface area contributed by atoms with Crippen molar-refractivity contribution >= 4 is 15.9 Å². The molecule has 0 saturated carbocycles. The van der Waals surface area contributed by atoms with Crippen LogP contribution in [0.15, 0.2) is 53.4 Å². The van der Waals surface area contributed by atoms with E-state index in [2.05, 4.69) is 26.1 Å². The molecule has 2 aromatic rings. The van der Waals surface area contributed by atoms with Gasteiger partial charge >= 0.3 is 0 Å². The second-order valence-electron chi connectivity index (χ2n) is 8.65. The Labute approximate surface area is 179 Å². The highest BCUT2D eigenvalue weighted by Crippen LogP contribution is 2.26. The van der Waals surface area contributed by atoms with E-state index in [9.17, 15) is 13.2 Å². The Kier molecular flexibility index (Phi) is 6.53. The van der Waals surface area contributed by atoms with Crippen molar-refractivity contribution in [1.82, 2.24) is 9.62 Å². The van der Waals surface area contributed by atoms with Crippen molar-refractivity contribution in [2.45, 2.75) is 50.0 Å². The van der Waals surface area contributed by atoms with Crippen LogP contribution in [-0.4, -0.2) is 44.9 Å². The standard InChI is InChI=1S/C23H30N2O4S/c1-23(2,3)18-7-11-21(12-8-18)30(27,28)25-15-13-19(14-16-25)24-22(26)17-5-9-20(29-4)10-6-17/h5-12,19H,13-16H2,1-4H3,(H,24,26). The Morgan fingerprint density at radius 2 is 1.57 bits per heavy atom. The normalized spacial score (nSPS) is 16.3. The van der Waals surface area contributed by atoms with E-state index in [1.807, 2.05) is 12.1 Å². The molecule has 3 rings (SSSR count). The lowest BCUT2D eigenvalue weighted by molar-refractivity contribution is 0.0924. The number of hydrogen-bond donors (Lipinski definition) is 1. The van der Waals surface area contributed by atoms with Gasteiger partial charge in [0.1, 0.15) is 5.75 Å². The number of piperidine rings is 1. The van der Waals surface area contributed by atoms with E-state index in [0.29, 0.717) is 42.1 Å². The average Bonchev–Trinajstić information content (AvgIpc) is 2.73. The van der Waals surface area contributed by atoms with Gasteiger partial charge in [-0.05, 0) is 60.2 Å². The van der Waals surface area contributed by atoms with E-state index in [4.69, 9.17) is 4.74 Å². The van der Waals surface area contributed by atoms with Gasteiger partial charge in [-0.3, -0.25) is 4.79 Å². The van der Waals surface area contributed by atoms with Crippen molar-refractivity contribution in [2.75, 3.05) is 20.2 Å². The van der Waals surface area contributed by atoms with Gasteiger partial charge in [-0.15, -0.1) is 0 Å². The van der Waals surface area contributed by atoms with Gasteiger partial charge in [-0.2, -0.15) is 4.31 Å². The van der Waals surface area contributed by atoms with E-state index in [0.717, 1.165) is 5.56 Å². The Hall–Kier alpha value is -2.38. The molecule has 6 nitrogen and oxygen atoms in total. The molecular formula is C23H30N2O4S. The molecule has 0 aliphatic carbocycles. The molecule has 162 valence electrons. The summed E-state index contributed by atoms with van der Waals surface area (Å²) in [5.41, 5.74) is 1.63. The maximum absolute atomic E-state index is 13.0. The quantitative estimate of drug-likeness (QED) is 0.787. The number of nitrogens with zero attached hydrogens (tertiary/aromatic N) is 1. The summed E-state index contributed by atoms with van der Waals surface area (Å²) in [5.74, 6) is 0.539. The van der Waals surface area contributed by atoms with E-state index >= 15 is 0 Å². The van der Waals surface area contributed by atoms with Crippen molar-refractivity contribution in [3.8, 4) is 5.75 Å². The third kappa shape index (κ3) is 5.02. The smallest absolute Gasteiger partial charge is 0.251 e. The minimum atomic E-state index is -3.53. The molecule has 0 spiro atoms. The van der Waals surface area contributed by atoms with Gasteiger partial charge in [-0.25, -0.2) is 8.42 Å². The van der Waals surface area contributed by atoms with Crippen LogP contribution in [0.25, 0.3) is 0 Å². The first-order valence-electron chi connectivity index (χ1n) is 10.2. The number of rotatable bonds is 5. The van der Waals surface area contributed by atoms with Gasteiger partial charge in [-0.1, -0.05) is 32.9 Å². The molecule has 1 aliphatic heterocycles. The maximum Gasteiger partial charge on any atom is 0.251 e. The fourth-order valence-corrected chi connectivity index (χ4v) is 5.00. The summed E-state index contributed by atoms with van der Waals surface area (Å²) in [6.45, 7) is 7.07. The summed E-state index contributed by atoms with van der Waals surface area (Å²) in [6, 6.07) is 14.0. The lowest BCUT2D eigenvalue weighted by atomic mass is 9.87. The number of nitrogens with one attached hydrogen (secondary N) is 1. The number of methoxy groups -OCH3 is 1. The van der Waals surface area contributed by atoms with Gasteiger partial charge in [0.15, 0.2) is 0 Å². The zero-order chi connectivity index (χ0) is 21.9. The van der Waals surface area contributed by atoms with Crippen molar-refractivity contribution in [3.05, 3.63) is 59.7 Å². The topological polar surface area (TPSA) is 75.7 Å². The highest BCUT2D eigenvalue weighted by atomic mass is 32.2. The number of sulfonamides is 1. The Balaban J connectivity index is 1.59. The summed E-state index contributed by atoms with van der Waals surface area (Å²) in [6.07, 6.45) is 1.17. The summed E-state index contributed by atoms with van der Waals surface area (Å²) in [7, 11) is -1.95. The minimum absolute atomic E-state index is 0.0251. The van der Waals surface area contributed by atoms with Crippen LogP contribution in [-0.2, 0) is 15.4 Å². The van der Waals surface area contributed by atoms with Gasteiger partial charge in [0.25, 0.3) is 5.91 Å². The molecule has 7 heteroatoms. The van der Waals surface area contributed by atoms with Crippen LogP contribution in [0.5, 0.6) is 5.75 Å². The van der Waals surface area contributed by atoms with Crippen LogP contribution in [0.2, 0.25) is 0 Å². The fraction of sp³-hybridized carbons (Fsp3) is 0.435. The average molecular weight is 431 g/mol. The van der Waals surface area contributed by atoms with Crippen LogP contribution in [0.4, 0.5) is 0 Å². The first-order valence-corrected chi connectivity index (χ1v) is 11.6. The number of carbonyl (C=O) groups excluding carboxylic acids is 1.